The van der Waals surface area contributed by atoms with Gasteiger partial charge in [0.15, 0.2) is 11.2 Å². The summed E-state index contributed by atoms with van der Waals surface area (Å²) >= 11 is 0. The Morgan fingerprint density at radius 1 is 1.20 bits per heavy atom. The van der Waals surface area contributed by atoms with Crippen LogP contribution < -0.4 is 10.5 Å². The van der Waals surface area contributed by atoms with Gasteiger partial charge in [0.25, 0.3) is 0 Å². The van der Waals surface area contributed by atoms with Gasteiger partial charge in [0.2, 0.25) is 0 Å². The summed E-state index contributed by atoms with van der Waals surface area (Å²) in [5.41, 5.74) is 1.39. The van der Waals surface area contributed by atoms with Gasteiger partial charge in [-0.15, -0.1) is 13.2 Å². The first-order chi connectivity index (χ1) is 11.7. The van der Waals surface area contributed by atoms with Gasteiger partial charge in [0.05, 0.1) is 5.69 Å². The summed E-state index contributed by atoms with van der Waals surface area (Å²) < 4.78 is 57.9. The number of halogens is 3. The molecule has 0 saturated heterocycles. The second-order valence-electron chi connectivity index (χ2n) is 5.09. The molecular formula is C15H11F3N2O4S. The summed E-state index contributed by atoms with van der Waals surface area (Å²) in [4.78, 5) is 16.1. The molecule has 0 aliphatic rings. The standard InChI is InChI=1S/C15H11F3N2O4S/c1-25(22)8-20-13-12(23-14(20)21)7-6-11(19-13)9-2-4-10(5-3-9)24-15(16,17)18/h2-7H,8H2,1H3. The van der Waals surface area contributed by atoms with E-state index in [1.165, 1.54) is 24.5 Å². The number of rotatable bonds is 4. The molecule has 6 nitrogen and oxygen atoms in total. The van der Waals surface area contributed by atoms with Gasteiger partial charge in [-0.2, -0.15) is 0 Å². The minimum atomic E-state index is -4.76. The molecule has 0 aliphatic carbocycles. The normalized spacial score (nSPS) is 13.1. The lowest BCUT2D eigenvalue weighted by atomic mass is 10.1. The van der Waals surface area contributed by atoms with Crippen LogP contribution in [-0.4, -0.2) is 26.4 Å². The van der Waals surface area contributed by atoms with Crippen LogP contribution in [0.5, 0.6) is 5.75 Å². The van der Waals surface area contributed by atoms with Crippen LogP contribution in [0, 0.1) is 0 Å². The van der Waals surface area contributed by atoms with E-state index in [9.17, 15) is 22.2 Å². The SMILES string of the molecule is CS(=O)Cn1c(=O)oc2ccc(-c3ccc(OC(F)(F)F)cc3)nc21. The lowest BCUT2D eigenvalue weighted by molar-refractivity contribution is -0.274. The number of hydrogen-bond donors (Lipinski definition) is 0. The van der Waals surface area contributed by atoms with Crippen LogP contribution >= 0.6 is 0 Å². The molecule has 0 spiro atoms. The first-order valence-electron chi connectivity index (χ1n) is 6.89. The van der Waals surface area contributed by atoms with Crippen molar-refractivity contribution in [2.45, 2.75) is 12.2 Å². The van der Waals surface area contributed by atoms with Crippen molar-refractivity contribution in [3.05, 3.63) is 46.9 Å². The molecule has 1 unspecified atom stereocenters. The molecule has 132 valence electrons. The molecule has 0 amide bonds. The van der Waals surface area contributed by atoms with Crippen LogP contribution in [0.2, 0.25) is 0 Å². The molecule has 0 aliphatic heterocycles. The number of fused-ring (bicyclic) bond motifs is 1. The zero-order chi connectivity index (χ0) is 18.2. The van der Waals surface area contributed by atoms with Gasteiger partial charge in [-0.3, -0.25) is 4.21 Å². The van der Waals surface area contributed by atoms with E-state index in [1.807, 2.05) is 0 Å². The number of hydrogen-bond acceptors (Lipinski definition) is 5. The maximum absolute atomic E-state index is 12.2. The monoisotopic (exact) mass is 372 g/mol. The molecule has 0 N–H and O–H groups in total. The van der Waals surface area contributed by atoms with Gasteiger partial charge in [-0.1, -0.05) is 0 Å². The molecule has 2 aromatic heterocycles. The van der Waals surface area contributed by atoms with Crippen LogP contribution in [0.3, 0.4) is 0 Å². The highest BCUT2D eigenvalue weighted by Crippen LogP contribution is 2.26. The summed E-state index contributed by atoms with van der Waals surface area (Å²) in [7, 11) is -1.29. The number of alkyl halides is 3. The maximum Gasteiger partial charge on any atom is 0.573 e. The Labute approximate surface area is 141 Å². The topological polar surface area (TPSA) is 74.3 Å². The van der Waals surface area contributed by atoms with Gasteiger partial charge < -0.3 is 9.15 Å². The van der Waals surface area contributed by atoms with E-state index in [2.05, 4.69) is 9.72 Å². The zero-order valence-corrected chi connectivity index (χ0v) is 13.6. The van der Waals surface area contributed by atoms with Crippen LogP contribution in [0.1, 0.15) is 0 Å². The highest BCUT2D eigenvalue weighted by atomic mass is 32.2. The number of pyridine rings is 1. The number of aromatic nitrogens is 2. The summed E-state index contributed by atoms with van der Waals surface area (Å²) in [6, 6.07) is 8.24. The van der Waals surface area contributed by atoms with Gasteiger partial charge in [-0.05, 0) is 36.4 Å². The first kappa shape index (κ1) is 17.2. The predicted molar refractivity (Wildman–Crippen MR) is 84.5 cm³/mol. The molecule has 1 atom stereocenters. The van der Waals surface area contributed by atoms with E-state index in [-0.39, 0.29) is 22.9 Å². The highest BCUT2D eigenvalue weighted by Gasteiger charge is 2.31. The molecule has 25 heavy (non-hydrogen) atoms. The fourth-order valence-electron chi connectivity index (χ4n) is 2.23. The minimum Gasteiger partial charge on any atom is -0.406 e. The second-order valence-corrected chi connectivity index (χ2v) is 6.49. The zero-order valence-electron chi connectivity index (χ0n) is 12.7. The molecule has 0 bridgehead atoms. The van der Waals surface area contributed by atoms with Crippen molar-refractivity contribution < 1.29 is 26.5 Å². The third-order valence-electron chi connectivity index (χ3n) is 3.21. The fourth-order valence-corrected chi connectivity index (χ4v) is 2.82. The van der Waals surface area contributed by atoms with Crippen LogP contribution in [0.15, 0.2) is 45.6 Å². The fraction of sp³-hybridized carbons (Fsp3) is 0.200. The maximum atomic E-state index is 12.2. The molecule has 2 heterocycles. The van der Waals surface area contributed by atoms with E-state index >= 15 is 0 Å². The summed E-state index contributed by atoms with van der Waals surface area (Å²) in [5.74, 6) is -1.09. The molecule has 10 heteroatoms. The van der Waals surface area contributed by atoms with E-state index in [1.54, 1.807) is 6.07 Å². The van der Waals surface area contributed by atoms with Crippen molar-refractivity contribution >= 4 is 22.0 Å². The van der Waals surface area contributed by atoms with Crippen molar-refractivity contribution in [2.75, 3.05) is 6.26 Å². The van der Waals surface area contributed by atoms with E-state index in [0.29, 0.717) is 11.3 Å². The number of ether oxygens (including phenoxy) is 1. The number of benzene rings is 1. The summed E-state index contributed by atoms with van der Waals surface area (Å²) in [6.07, 6.45) is -3.32. The Kier molecular flexibility index (Phi) is 4.38. The molecular weight excluding hydrogens is 361 g/mol. The van der Waals surface area contributed by atoms with Gasteiger partial charge in [0.1, 0.15) is 11.6 Å². The molecule has 0 fully saturated rings. The van der Waals surface area contributed by atoms with Crippen molar-refractivity contribution in [3.8, 4) is 17.0 Å². The van der Waals surface area contributed by atoms with Crippen LogP contribution in [-0.2, 0) is 16.7 Å². The Balaban J connectivity index is 1.98. The summed E-state index contributed by atoms with van der Waals surface area (Å²) in [6.45, 7) is 0. The van der Waals surface area contributed by atoms with E-state index in [0.717, 1.165) is 16.7 Å². The van der Waals surface area contributed by atoms with Gasteiger partial charge in [0, 0.05) is 22.6 Å². The van der Waals surface area contributed by atoms with E-state index < -0.39 is 22.9 Å². The molecule has 3 rings (SSSR count). The Morgan fingerprint density at radius 3 is 2.48 bits per heavy atom. The van der Waals surface area contributed by atoms with Crippen molar-refractivity contribution in [1.82, 2.24) is 9.55 Å². The largest absolute Gasteiger partial charge is 0.573 e. The van der Waals surface area contributed by atoms with Gasteiger partial charge in [-0.25, -0.2) is 14.3 Å². The van der Waals surface area contributed by atoms with Crippen molar-refractivity contribution in [3.63, 3.8) is 0 Å². The average Bonchev–Trinajstić information content (AvgIpc) is 2.81. The lowest BCUT2D eigenvalue weighted by Crippen LogP contribution is -2.17. The molecule has 0 radical (unpaired) electrons. The average molecular weight is 372 g/mol. The second kappa shape index (κ2) is 6.36. The molecule has 0 saturated carbocycles. The third-order valence-corrected chi connectivity index (χ3v) is 3.83. The smallest absolute Gasteiger partial charge is 0.406 e. The van der Waals surface area contributed by atoms with Crippen LogP contribution in [0.4, 0.5) is 13.2 Å². The quantitative estimate of drug-likeness (QED) is 0.704. The van der Waals surface area contributed by atoms with Crippen LogP contribution in [0.25, 0.3) is 22.5 Å². The minimum absolute atomic E-state index is 0.0688. The Bertz CT molecular complexity index is 993. The Hall–Kier alpha value is -2.62. The predicted octanol–water partition coefficient (Wildman–Crippen LogP) is 2.89. The Morgan fingerprint density at radius 2 is 1.88 bits per heavy atom. The molecule has 1 aromatic carbocycles. The van der Waals surface area contributed by atoms with E-state index in [4.69, 9.17) is 4.42 Å². The van der Waals surface area contributed by atoms with Crippen molar-refractivity contribution in [2.24, 2.45) is 0 Å². The number of nitrogens with zero attached hydrogens (tertiary/aromatic N) is 2. The summed E-state index contributed by atoms with van der Waals surface area (Å²) in [5, 5.41) is 0. The third kappa shape index (κ3) is 3.90. The highest BCUT2D eigenvalue weighted by molar-refractivity contribution is 7.83. The first-order valence-corrected chi connectivity index (χ1v) is 8.62. The van der Waals surface area contributed by atoms with Gasteiger partial charge >= 0.3 is 12.1 Å². The lowest BCUT2D eigenvalue weighted by Gasteiger charge is -2.09. The van der Waals surface area contributed by atoms with Crippen molar-refractivity contribution in [1.29, 1.82) is 0 Å². The number of oxazole rings is 1. The molecule has 3 aromatic rings.